The molecule has 0 aliphatic carbocycles. The molecule has 0 saturated carbocycles. The molecule has 1 amide bonds. The van der Waals surface area contributed by atoms with Gasteiger partial charge in [-0.3, -0.25) is 9.59 Å². The Morgan fingerprint density at radius 3 is 2.33 bits per heavy atom. The molecule has 0 saturated heterocycles. The van der Waals surface area contributed by atoms with Crippen molar-refractivity contribution in [3.63, 3.8) is 0 Å². The van der Waals surface area contributed by atoms with Crippen LogP contribution >= 0.6 is 0 Å². The maximum atomic E-state index is 12.3. The first-order valence-electron chi connectivity index (χ1n) is 6.66. The predicted octanol–water partition coefficient (Wildman–Crippen LogP) is 1.46. The molecule has 0 aromatic rings. The summed E-state index contributed by atoms with van der Waals surface area (Å²) < 4.78 is 0. The third-order valence-electron chi connectivity index (χ3n) is 2.97. The van der Waals surface area contributed by atoms with Crippen LogP contribution in [0.15, 0.2) is 0 Å². The number of nitrogens with two attached hydrogens (primary N) is 1. The lowest BCUT2D eigenvalue weighted by Crippen LogP contribution is -2.43. The number of rotatable bonds is 9. The van der Waals surface area contributed by atoms with Crippen LogP contribution in [0.25, 0.3) is 0 Å². The zero-order valence-corrected chi connectivity index (χ0v) is 11.7. The molecule has 1 unspecified atom stereocenters. The van der Waals surface area contributed by atoms with E-state index in [1.807, 2.05) is 20.8 Å². The predicted molar refractivity (Wildman–Crippen MR) is 71.2 cm³/mol. The Kier molecular flexibility index (Phi) is 8.37. The van der Waals surface area contributed by atoms with Gasteiger partial charge in [-0.1, -0.05) is 13.3 Å². The maximum absolute atomic E-state index is 12.3. The Morgan fingerprint density at radius 2 is 1.94 bits per heavy atom. The normalized spacial score (nSPS) is 12.5. The Bertz CT molecular complexity index is 267. The molecule has 0 rings (SSSR count). The van der Waals surface area contributed by atoms with Crippen molar-refractivity contribution in [2.75, 3.05) is 13.1 Å². The van der Waals surface area contributed by atoms with E-state index in [0.717, 1.165) is 12.8 Å². The number of carboxylic acids is 1. The molecular formula is C13H26N2O3. The lowest BCUT2D eigenvalue weighted by atomic mass is 10.0. The van der Waals surface area contributed by atoms with Gasteiger partial charge in [-0.25, -0.2) is 0 Å². The molecule has 18 heavy (non-hydrogen) atoms. The summed E-state index contributed by atoms with van der Waals surface area (Å²) in [6, 6.07) is 0.0807. The van der Waals surface area contributed by atoms with E-state index in [0.29, 0.717) is 19.5 Å². The summed E-state index contributed by atoms with van der Waals surface area (Å²) in [5.74, 6) is -0.906. The zero-order valence-electron chi connectivity index (χ0n) is 11.7. The smallest absolute Gasteiger partial charge is 0.303 e. The van der Waals surface area contributed by atoms with Gasteiger partial charge in [0.2, 0.25) is 5.91 Å². The van der Waals surface area contributed by atoms with Crippen molar-refractivity contribution in [1.29, 1.82) is 0 Å². The minimum atomic E-state index is -0.824. The monoisotopic (exact) mass is 258 g/mol. The summed E-state index contributed by atoms with van der Waals surface area (Å²) in [6.45, 7) is 6.76. The van der Waals surface area contributed by atoms with E-state index in [-0.39, 0.29) is 24.3 Å². The van der Waals surface area contributed by atoms with Gasteiger partial charge in [0, 0.05) is 25.6 Å². The highest BCUT2D eigenvalue weighted by Crippen LogP contribution is 2.13. The molecule has 0 spiro atoms. The van der Waals surface area contributed by atoms with Gasteiger partial charge < -0.3 is 15.7 Å². The topological polar surface area (TPSA) is 83.6 Å². The van der Waals surface area contributed by atoms with Crippen LogP contribution in [0.4, 0.5) is 0 Å². The summed E-state index contributed by atoms with van der Waals surface area (Å²) in [7, 11) is 0. The second kappa shape index (κ2) is 8.91. The quantitative estimate of drug-likeness (QED) is 0.656. The van der Waals surface area contributed by atoms with E-state index >= 15 is 0 Å². The Balaban J connectivity index is 4.47. The number of carbonyl (C=O) groups is 2. The van der Waals surface area contributed by atoms with Crippen LogP contribution in [-0.4, -0.2) is 41.0 Å². The molecule has 0 aliphatic rings. The van der Waals surface area contributed by atoms with Gasteiger partial charge in [0.1, 0.15) is 0 Å². The number of carboxylic acid groups (broad SMARTS) is 1. The summed E-state index contributed by atoms with van der Waals surface area (Å²) in [5.41, 5.74) is 5.63. The number of nitrogens with zero attached hydrogens (tertiary/aromatic N) is 1. The first-order chi connectivity index (χ1) is 8.43. The molecule has 5 heteroatoms. The molecule has 0 heterocycles. The van der Waals surface area contributed by atoms with Crippen LogP contribution < -0.4 is 5.73 Å². The van der Waals surface area contributed by atoms with Gasteiger partial charge in [-0.05, 0) is 26.7 Å². The first-order valence-corrected chi connectivity index (χ1v) is 6.66. The van der Waals surface area contributed by atoms with Crippen LogP contribution in [0.1, 0.15) is 46.5 Å². The van der Waals surface area contributed by atoms with E-state index < -0.39 is 5.97 Å². The van der Waals surface area contributed by atoms with Crippen molar-refractivity contribution in [2.24, 2.45) is 11.7 Å². The van der Waals surface area contributed by atoms with Gasteiger partial charge in [-0.15, -0.1) is 0 Å². The maximum Gasteiger partial charge on any atom is 0.303 e. The SMILES string of the molecule is CCCC(CN)C(=O)N(CCCC(=O)O)C(C)C. The average Bonchev–Trinajstić information content (AvgIpc) is 2.30. The Labute approximate surface area is 109 Å². The van der Waals surface area contributed by atoms with Crippen molar-refractivity contribution in [2.45, 2.75) is 52.5 Å². The average molecular weight is 258 g/mol. The second-order valence-electron chi connectivity index (χ2n) is 4.84. The van der Waals surface area contributed by atoms with Crippen molar-refractivity contribution in [3.8, 4) is 0 Å². The van der Waals surface area contributed by atoms with E-state index in [4.69, 9.17) is 10.8 Å². The lowest BCUT2D eigenvalue weighted by molar-refractivity contribution is -0.140. The molecule has 0 bridgehead atoms. The highest BCUT2D eigenvalue weighted by molar-refractivity contribution is 5.79. The van der Waals surface area contributed by atoms with Gasteiger partial charge in [0.25, 0.3) is 0 Å². The first kappa shape index (κ1) is 16.9. The van der Waals surface area contributed by atoms with Gasteiger partial charge in [0.15, 0.2) is 0 Å². The molecule has 0 aliphatic heterocycles. The summed E-state index contributed by atoms with van der Waals surface area (Å²) >= 11 is 0. The minimum absolute atomic E-state index is 0.0553. The molecule has 0 fully saturated rings. The lowest BCUT2D eigenvalue weighted by Gasteiger charge is -2.30. The number of amides is 1. The highest BCUT2D eigenvalue weighted by Gasteiger charge is 2.24. The Morgan fingerprint density at radius 1 is 1.33 bits per heavy atom. The molecule has 0 radical (unpaired) electrons. The van der Waals surface area contributed by atoms with Crippen LogP contribution in [-0.2, 0) is 9.59 Å². The number of hydrogen-bond acceptors (Lipinski definition) is 3. The third-order valence-corrected chi connectivity index (χ3v) is 2.97. The standard InChI is InChI=1S/C13H26N2O3/c1-4-6-11(9-14)13(18)15(10(2)3)8-5-7-12(16)17/h10-11H,4-9,14H2,1-3H3,(H,16,17). The summed E-state index contributed by atoms with van der Waals surface area (Å²) in [5, 5.41) is 8.62. The molecule has 1 atom stereocenters. The molecular weight excluding hydrogens is 232 g/mol. The molecule has 0 aromatic heterocycles. The fraction of sp³-hybridized carbons (Fsp3) is 0.846. The van der Waals surface area contributed by atoms with Crippen molar-refractivity contribution in [3.05, 3.63) is 0 Å². The fourth-order valence-electron chi connectivity index (χ4n) is 1.95. The molecule has 5 nitrogen and oxygen atoms in total. The van der Waals surface area contributed by atoms with Crippen LogP contribution in [0, 0.1) is 5.92 Å². The van der Waals surface area contributed by atoms with Crippen molar-refractivity contribution < 1.29 is 14.7 Å². The number of hydrogen-bond donors (Lipinski definition) is 2. The van der Waals surface area contributed by atoms with Crippen LogP contribution in [0.2, 0.25) is 0 Å². The van der Waals surface area contributed by atoms with Crippen molar-refractivity contribution in [1.82, 2.24) is 4.90 Å². The minimum Gasteiger partial charge on any atom is -0.481 e. The number of aliphatic carboxylic acids is 1. The van der Waals surface area contributed by atoms with Gasteiger partial charge in [-0.2, -0.15) is 0 Å². The van der Waals surface area contributed by atoms with E-state index in [2.05, 4.69) is 0 Å². The van der Waals surface area contributed by atoms with Crippen LogP contribution in [0.3, 0.4) is 0 Å². The third kappa shape index (κ3) is 6.00. The summed E-state index contributed by atoms with van der Waals surface area (Å²) in [4.78, 5) is 24.5. The summed E-state index contributed by atoms with van der Waals surface area (Å²) in [6.07, 6.45) is 2.30. The molecule has 3 N–H and O–H groups in total. The van der Waals surface area contributed by atoms with Crippen LogP contribution in [0.5, 0.6) is 0 Å². The van der Waals surface area contributed by atoms with E-state index in [9.17, 15) is 9.59 Å². The van der Waals surface area contributed by atoms with Crippen molar-refractivity contribution >= 4 is 11.9 Å². The number of carbonyl (C=O) groups excluding carboxylic acids is 1. The Hall–Kier alpha value is -1.10. The largest absolute Gasteiger partial charge is 0.481 e. The van der Waals surface area contributed by atoms with E-state index in [1.165, 1.54) is 0 Å². The molecule has 106 valence electrons. The van der Waals surface area contributed by atoms with E-state index in [1.54, 1.807) is 4.90 Å². The second-order valence-corrected chi connectivity index (χ2v) is 4.84. The van der Waals surface area contributed by atoms with Gasteiger partial charge in [0.05, 0.1) is 5.92 Å². The molecule has 0 aromatic carbocycles. The fourth-order valence-corrected chi connectivity index (χ4v) is 1.95. The van der Waals surface area contributed by atoms with Gasteiger partial charge >= 0.3 is 5.97 Å². The zero-order chi connectivity index (χ0) is 14.1. The highest BCUT2D eigenvalue weighted by atomic mass is 16.4.